The SMILES string of the molecule is COC(=O)c1ccc2c(c1)OCCN(CC1=Nc3ccccc3C1)C2.COC(=O)c1ccc2c(c1)OCCNC2.O=C(NO)c1ccc2c(c1)OCCN(CC1=Nc3ccccc3C1)C2. The fourth-order valence-corrected chi connectivity index (χ4v) is 8.20. The van der Waals surface area contributed by atoms with Crippen molar-refractivity contribution in [2.75, 3.05) is 66.8 Å². The molecule has 0 fully saturated rings. The summed E-state index contributed by atoms with van der Waals surface area (Å²) >= 11 is 0. The third-order valence-corrected chi connectivity index (χ3v) is 11.5. The molecule has 0 bridgehead atoms. The lowest BCUT2D eigenvalue weighted by atomic mass is 10.1. The third-order valence-electron chi connectivity index (χ3n) is 11.5. The molecule has 0 unspecified atom stereocenters. The average Bonchev–Trinajstić information content (AvgIpc) is 3.67. The largest absolute Gasteiger partial charge is 0.492 e. The summed E-state index contributed by atoms with van der Waals surface area (Å²) in [7, 11) is 2.76. The Balaban J connectivity index is 0.000000138. The molecule has 10 rings (SSSR count). The number of rotatable bonds is 7. The van der Waals surface area contributed by atoms with Gasteiger partial charge in [0.25, 0.3) is 5.91 Å². The number of carbonyl (C=O) groups excluding carboxylic acids is 3. The second kappa shape index (κ2) is 21.2. The van der Waals surface area contributed by atoms with E-state index in [1.54, 1.807) is 41.9 Å². The van der Waals surface area contributed by atoms with E-state index in [9.17, 15) is 14.4 Å². The van der Waals surface area contributed by atoms with Crippen LogP contribution in [0.3, 0.4) is 0 Å². The number of benzene rings is 5. The van der Waals surface area contributed by atoms with Gasteiger partial charge in [-0.2, -0.15) is 0 Å². The topological polar surface area (TPSA) is 173 Å². The van der Waals surface area contributed by atoms with E-state index in [0.717, 1.165) is 105 Å². The van der Waals surface area contributed by atoms with Crippen LogP contribution in [-0.4, -0.2) is 111 Å². The maximum absolute atomic E-state index is 11.7. The van der Waals surface area contributed by atoms with E-state index in [0.29, 0.717) is 42.3 Å². The molecule has 0 aromatic heterocycles. The lowest BCUT2D eigenvalue weighted by Crippen LogP contribution is -2.31. The molecule has 5 aromatic carbocycles. The van der Waals surface area contributed by atoms with E-state index >= 15 is 0 Å². The van der Waals surface area contributed by atoms with E-state index in [4.69, 9.17) is 34.1 Å². The maximum Gasteiger partial charge on any atom is 0.337 e. The normalized spacial score (nSPS) is 15.9. The number of hydrogen-bond donors (Lipinski definition) is 3. The fraction of sp³-hybridized carbons (Fsp3) is 0.300. The van der Waals surface area contributed by atoms with Crippen LogP contribution in [0.5, 0.6) is 17.2 Å². The monoisotopic (exact) mass is 880 g/mol. The molecule has 0 aliphatic carbocycles. The van der Waals surface area contributed by atoms with Gasteiger partial charge >= 0.3 is 11.9 Å². The first-order valence-corrected chi connectivity index (χ1v) is 21.6. The number of hydroxylamine groups is 1. The van der Waals surface area contributed by atoms with Crippen LogP contribution in [0.2, 0.25) is 0 Å². The number of carbonyl (C=O) groups is 3. The Kier molecular flexibility index (Phi) is 14.6. The maximum atomic E-state index is 11.7. The van der Waals surface area contributed by atoms with Crippen molar-refractivity contribution < 1.29 is 43.3 Å². The number of methoxy groups -OCH3 is 2. The Labute approximate surface area is 377 Å². The Hall–Kier alpha value is -6.91. The van der Waals surface area contributed by atoms with Gasteiger partial charge in [-0.3, -0.25) is 29.8 Å². The van der Waals surface area contributed by atoms with Gasteiger partial charge in [-0.25, -0.2) is 15.1 Å². The van der Waals surface area contributed by atoms with Gasteiger partial charge in [-0.05, 0) is 59.7 Å². The molecule has 5 aliphatic heterocycles. The standard InChI is InChI=1S/C20H20N2O3.C19H19N3O3.C11H13NO3/c1-24-20(23)15-6-7-16-12-22(8-9-25-19(16)11-15)13-17-10-14-4-2-3-5-18(14)21-17;23-19(21-24)14-5-6-15-11-22(7-8-25-18(15)10-14)12-16-9-13-3-1-2-4-17(13)20-16;1-14-11(13)8-2-3-9-7-12-4-5-15-10(9)6-8/h2-7,11H,8-10,12-13H2,1H3;1-6,10,24H,7-9,11-12H2,(H,21,23);2-3,6,12H,4-5,7H2,1H3. The van der Waals surface area contributed by atoms with Crippen molar-refractivity contribution in [1.82, 2.24) is 20.6 Å². The van der Waals surface area contributed by atoms with Crippen LogP contribution >= 0.6 is 0 Å². The summed E-state index contributed by atoms with van der Waals surface area (Å²) in [5, 5.41) is 12.0. The van der Waals surface area contributed by atoms with Crippen molar-refractivity contribution >= 4 is 40.6 Å². The summed E-state index contributed by atoms with van der Waals surface area (Å²) in [4.78, 5) is 48.7. The molecule has 15 nitrogen and oxygen atoms in total. The second-order valence-electron chi connectivity index (χ2n) is 16.0. The highest BCUT2D eigenvalue weighted by Crippen LogP contribution is 2.30. The Morgan fingerprint density at radius 3 is 1.58 bits per heavy atom. The summed E-state index contributed by atoms with van der Waals surface area (Å²) < 4.78 is 26.6. The molecular weight excluding hydrogens is 829 g/mol. The van der Waals surface area contributed by atoms with Gasteiger partial charge in [-0.15, -0.1) is 0 Å². The number of hydrogen-bond acceptors (Lipinski definition) is 14. The zero-order valence-corrected chi connectivity index (χ0v) is 36.5. The van der Waals surface area contributed by atoms with Gasteiger partial charge in [-0.1, -0.05) is 54.6 Å². The predicted octanol–water partition coefficient (Wildman–Crippen LogP) is 6.28. The fourth-order valence-electron chi connectivity index (χ4n) is 8.20. The number of fused-ring (bicyclic) bond motifs is 5. The van der Waals surface area contributed by atoms with Crippen LogP contribution in [0.15, 0.2) is 113 Å². The molecule has 3 N–H and O–H groups in total. The molecule has 5 heterocycles. The molecule has 0 radical (unpaired) electrons. The molecule has 65 heavy (non-hydrogen) atoms. The summed E-state index contributed by atoms with van der Waals surface area (Å²) in [6.45, 7) is 8.15. The van der Waals surface area contributed by atoms with Crippen LogP contribution in [-0.2, 0) is 41.9 Å². The summed E-state index contributed by atoms with van der Waals surface area (Å²) in [6.07, 6.45) is 1.82. The second-order valence-corrected chi connectivity index (χ2v) is 16.0. The van der Waals surface area contributed by atoms with Gasteiger partial charge in [0.2, 0.25) is 0 Å². The van der Waals surface area contributed by atoms with E-state index in [1.165, 1.54) is 36.8 Å². The van der Waals surface area contributed by atoms with E-state index in [1.807, 2.05) is 36.4 Å². The first kappa shape index (κ1) is 44.7. The number of nitrogens with zero attached hydrogens (tertiary/aromatic N) is 4. The molecule has 1 amide bonds. The van der Waals surface area contributed by atoms with Gasteiger partial charge in [0.1, 0.15) is 37.1 Å². The minimum atomic E-state index is -0.537. The molecule has 0 saturated heterocycles. The molecule has 5 aliphatic rings. The van der Waals surface area contributed by atoms with Gasteiger partial charge in [0.15, 0.2) is 0 Å². The van der Waals surface area contributed by atoms with E-state index < -0.39 is 5.91 Å². The number of ether oxygens (including phenoxy) is 5. The van der Waals surface area contributed by atoms with Crippen molar-refractivity contribution in [3.63, 3.8) is 0 Å². The lowest BCUT2D eigenvalue weighted by molar-refractivity contribution is 0.0591. The summed E-state index contributed by atoms with van der Waals surface area (Å²) in [5.41, 5.74) is 13.4. The molecule has 15 heteroatoms. The van der Waals surface area contributed by atoms with Crippen LogP contribution in [0.1, 0.15) is 58.9 Å². The van der Waals surface area contributed by atoms with Crippen molar-refractivity contribution in [3.8, 4) is 17.2 Å². The average molecular weight is 881 g/mol. The third kappa shape index (κ3) is 11.3. The molecular formula is C50H52N6O9. The van der Waals surface area contributed by atoms with Gasteiger partial charge in [0.05, 0.1) is 36.7 Å². The molecule has 0 spiro atoms. The van der Waals surface area contributed by atoms with Crippen LogP contribution < -0.4 is 25.0 Å². The lowest BCUT2D eigenvalue weighted by Gasteiger charge is -2.19. The van der Waals surface area contributed by atoms with Crippen LogP contribution in [0, 0.1) is 0 Å². The summed E-state index contributed by atoms with van der Waals surface area (Å²) in [5.74, 6) is 1.01. The Morgan fingerprint density at radius 1 is 0.615 bits per heavy atom. The van der Waals surface area contributed by atoms with Crippen LogP contribution in [0.4, 0.5) is 11.4 Å². The Morgan fingerprint density at radius 2 is 1.08 bits per heavy atom. The molecule has 336 valence electrons. The minimum absolute atomic E-state index is 0.335. The quantitative estimate of drug-likeness (QED) is 0.0951. The number of esters is 2. The van der Waals surface area contributed by atoms with Crippen molar-refractivity contribution in [3.05, 3.63) is 148 Å². The summed E-state index contributed by atoms with van der Waals surface area (Å²) in [6, 6.07) is 32.7. The number of para-hydroxylation sites is 2. The number of aliphatic imine (C=N–C) groups is 2. The smallest absolute Gasteiger partial charge is 0.337 e. The van der Waals surface area contributed by atoms with Crippen LogP contribution in [0.25, 0.3) is 0 Å². The highest BCUT2D eigenvalue weighted by Gasteiger charge is 2.23. The highest BCUT2D eigenvalue weighted by atomic mass is 16.5. The van der Waals surface area contributed by atoms with Gasteiger partial charge < -0.3 is 29.0 Å². The van der Waals surface area contributed by atoms with E-state index in [-0.39, 0.29) is 11.9 Å². The molecule has 0 atom stereocenters. The number of nitrogens with one attached hydrogen (secondary N) is 2. The first-order valence-electron chi connectivity index (χ1n) is 21.6. The zero-order chi connectivity index (χ0) is 45.1. The molecule has 0 saturated carbocycles. The zero-order valence-electron chi connectivity index (χ0n) is 36.5. The Bertz CT molecular complexity index is 2470. The number of amides is 1. The molecule has 5 aromatic rings. The van der Waals surface area contributed by atoms with Crippen molar-refractivity contribution in [2.45, 2.75) is 32.5 Å². The van der Waals surface area contributed by atoms with Crippen molar-refractivity contribution in [2.24, 2.45) is 9.98 Å². The minimum Gasteiger partial charge on any atom is -0.492 e. The van der Waals surface area contributed by atoms with Gasteiger partial charge in [0, 0.05) is 98.9 Å². The van der Waals surface area contributed by atoms with E-state index in [2.05, 4.69) is 50.2 Å². The predicted molar refractivity (Wildman–Crippen MR) is 244 cm³/mol. The first-order chi connectivity index (χ1) is 31.8. The van der Waals surface area contributed by atoms with Crippen molar-refractivity contribution in [1.29, 1.82) is 0 Å². The highest BCUT2D eigenvalue weighted by molar-refractivity contribution is 5.96.